The SMILES string of the molecule is CN1C(=O)C2=C(CCN(Cc3cccc(C#N)c3)C2)N2CCCN=C12. The van der Waals surface area contributed by atoms with Crippen LogP contribution in [-0.2, 0) is 11.3 Å². The average molecular weight is 335 g/mol. The molecule has 3 aliphatic heterocycles. The molecule has 0 saturated carbocycles. The van der Waals surface area contributed by atoms with Crippen molar-refractivity contribution in [1.29, 1.82) is 5.26 Å². The van der Waals surface area contributed by atoms with E-state index in [0.717, 1.165) is 61.8 Å². The van der Waals surface area contributed by atoms with Crippen LogP contribution < -0.4 is 0 Å². The van der Waals surface area contributed by atoms with Gasteiger partial charge in [0.05, 0.1) is 17.2 Å². The van der Waals surface area contributed by atoms with Crippen LogP contribution in [0.1, 0.15) is 24.0 Å². The average Bonchev–Trinajstić information content (AvgIpc) is 2.66. The molecule has 0 radical (unpaired) electrons. The van der Waals surface area contributed by atoms with Crippen LogP contribution in [0.4, 0.5) is 0 Å². The predicted molar refractivity (Wildman–Crippen MR) is 94.5 cm³/mol. The fraction of sp³-hybridized carbons (Fsp3) is 0.421. The summed E-state index contributed by atoms with van der Waals surface area (Å²) >= 11 is 0. The summed E-state index contributed by atoms with van der Waals surface area (Å²) in [4.78, 5) is 23.6. The molecule has 0 aliphatic carbocycles. The molecule has 6 heteroatoms. The number of benzene rings is 1. The van der Waals surface area contributed by atoms with Crippen molar-refractivity contribution in [3.63, 3.8) is 0 Å². The van der Waals surface area contributed by atoms with Gasteiger partial charge in [0.2, 0.25) is 5.96 Å². The first-order chi connectivity index (χ1) is 12.2. The Morgan fingerprint density at radius 3 is 3.04 bits per heavy atom. The second kappa shape index (κ2) is 6.34. The van der Waals surface area contributed by atoms with Gasteiger partial charge >= 0.3 is 0 Å². The van der Waals surface area contributed by atoms with E-state index < -0.39 is 0 Å². The molecule has 3 heterocycles. The second-order valence-electron chi connectivity index (χ2n) is 6.75. The molecule has 0 bridgehead atoms. The molecule has 0 saturated heterocycles. The van der Waals surface area contributed by atoms with E-state index in [9.17, 15) is 4.79 Å². The van der Waals surface area contributed by atoms with E-state index in [1.165, 1.54) is 0 Å². The Balaban J connectivity index is 1.57. The molecule has 1 aromatic rings. The first-order valence-corrected chi connectivity index (χ1v) is 8.71. The van der Waals surface area contributed by atoms with Gasteiger partial charge < -0.3 is 4.90 Å². The molecule has 1 amide bonds. The van der Waals surface area contributed by atoms with E-state index in [1.54, 1.807) is 4.90 Å². The molecule has 0 N–H and O–H groups in total. The first-order valence-electron chi connectivity index (χ1n) is 8.71. The third-order valence-corrected chi connectivity index (χ3v) is 5.08. The number of likely N-dealkylation sites (N-methyl/N-ethyl adjacent to an activating group) is 1. The molecule has 1 aromatic carbocycles. The zero-order chi connectivity index (χ0) is 17.4. The number of nitriles is 1. The van der Waals surface area contributed by atoms with Crippen LogP contribution in [0.15, 0.2) is 40.5 Å². The van der Waals surface area contributed by atoms with Crippen molar-refractivity contribution < 1.29 is 4.79 Å². The molecular formula is C19H21N5O. The van der Waals surface area contributed by atoms with Crippen LogP contribution in [-0.4, -0.2) is 59.8 Å². The quantitative estimate of drug-likeness (QED) is 0.823. The zero-order valence-corrected chi connectivity index (χ0v) is 14.4. The van der Waals surface area contributed by atoms with E-state index in [0.29, 0.717) is 12.1 Å². The summed E-state index contributed by atoms with van der Waals surface area (Å²) in [6.45, 7) is 4.06. The molecule has 0 atom stereocenters. The van der Waals surface area contributed by atoms with Gasteiger partial charge in [0, 0.05) is 51.9 Å². The van der Waals surface area contributed by atoms with E-state index in [1.807, 2.05) is 31.3 Å². The molecule has 128 valence electrons. The largest absolute Gasteiger partial charge is 0.315 e. The molecule has 3 aliphatic rings. The summed E-state index contributed by atoms with van der Waals surface area (Å²) in [7, 11) is 1.82. The highest BCUT2D eigenvalue weighted by Crippen LogP contribution is 2.30. The lowest BCUT2D eigenvalue weighted by atomic mass is 9.99. The Morgan fingerprint density at radius 2 is 2.20 bits per heavy atom. The van der Waals surface area contributed by atoms with Crippen LogP contribution in [0.2, 0.25) is 0 Å². The standard InChI is InChI=1S/C19H21N5O/c1-22-18(25)16-13-23(12-15-5-2-4-14(10-15)11-20)9-6-17(16)24-8-3-7-21-19(22)24/h2,4-5,10H,3,6-9,12-13H2,1H3. The second-order valence-corrected chi connectivity index (χ2v) is 6.75. The fourth-order valence-electron chi connectivity index (χ4n) is 3.86. The Kier molecular flexibility index (Phi) is 4.02. The third kappa shape index (κ3) is 2.81. The smallest absolute Gasteiger partial charge is 0.259 e. The first kappa shape index (κ1) is 15.9. The number of hydrogen-bond donors (Lipinski definition) is 0. The van der Waals surface area contributed by atoms with Crippen molar-refractivity contribution in [2.24, 2.45) is 4.99 Å². The monoisotopic (exact) mass is 335 g/mol. The normalized spacial score (nSPS) is 20.8. The summed E-state index contributed by atoms with van der Waals surface area (Å²) in [5, 5.41) is 9.06. The molecule has 0 aromatic heterocycles. The van der Waals surface area contributed by atoms with Gasteiger partial charge in [-0.25, -0.2) is 0 Å². The Morgan fingerprint density at radius 1 is 1.32 bits per heavy atom. The molecule has 25 heavy (non-hydrogen) atoms. The lowest BCUT2D eigenvalue weighted by Gasteiger charge is -2.44. The number of guanidine groups is 1. The van der Waals surface area contributed by atoms with Crippen LogP contribution in [0, 0.1) is 11.3 Å². The maximum atomic E-state index is 12.8. The lowest BCUT2D eigenvalue weighted by molar-refractivity contribution is -0.124. The minimum Gasteiger partial charge on any atom is -0.315 e. The minimum atomic E-state index is 0.0716. The molecule has 0 unspecified atom stereocenters. The van der Waals surface area contributed by atoms with Crippen molar-refractivity contribution in [2.75, 3.05) is 33.2 Å². The Labute approximate surface area is 147 Å². The van der Waals surface area contributed by atoms with Crippen LogP contribution in [0.25, 0.3) is 0 Å². The van der Waals surface area contributed by atoms with Gasteiger partial charge in [-0.3, -0.25) is 19.6 Å². The number of hydrogen-bond acceptors (Lipinski definition) is 5. The van der Waals surface area contributed by atoms with E-state index in [-0.39, 0.29) is 5.91 Å². The summed E-state index contributed by atoms with van der Waals surface area (Å²) in [5.74, 6) is 0.882. The number of carbonyl (C=O) groups excluding carboxylic acids is 1. The fourth-order valence-corrected chi connectivity index (χ4v) is 3.86. The van der Waals surface area contributed by atoms with Crippen molar-refractivity contribution >= 4 is 11.9 Å². The van der Waals surface area contributed by atoms with Gasteiger partial charge in [0.1, 0.15) is 0 Å². The molecule has 0 spiro atoms. The Hall–Kier alpha value is -2.65. The van der Waals surface area contributed by atoms with Crippen molar-refractivity contribution in [3.05, 3.63) is 46.7 Å². The minimum absolute atomic E-state index is 0.0716. The van der Waals surface area contributed by atoms with E-state index >= 15 is 0 Å². The molecular weight excluding hydrogens is 314 g/mol. The molecule has 0 fully saturated rings. The van der Waals surface area contributed by atoms with Crippen LogP contribution >= 0.6 is 0 Å². The highest BCUT2D eigenvalue weighted by Gasteiger charge is 2.38. The highest BCUT2D eigenvalue weighted by atomic mass is 16.2. The highest BCUT2D eigenvalue weighted by molar-refractivity contribution is 6.09. The third-order valence-electron chi connectivity index (χ3n) is 5.08. The van der Waals surface area contributed by atoms with Gasteiger partial charge in [-0.05, 0) is 24.1 Å². The predicted octanol–water partition coefficient (Wildman–Crippen LogP) is 1.55. The van der Waals surface area contributed by atoms with Gasteiger partial charge in [-0.2, -0.15) is 5.26 Å². The van der Waals surface area contributed by atoms with Crippen molar-refractivity contribution in [2.45, 2.75) is 19.4 Å². The topological polar surface area (TPSA) is 62.9 Å². The van der Waals surface area contributed by atoms with E-state index in [2.05, 4.69) is 20.9 Å². The number of carbonyl (C=O) groups is 1. The van der Waals surface area contributed by atoms with Crippen molar-refractivity contribution in [1.82, 2.24) is 14.7 Å². The van der Waals surface area contributed by atoms with Gasteiger partial charge in [-0.15, -0.1) is 0 Å². The molecule has 4 rings (SSSR count). The molecule has 6 nitrogen and oxygen atoms in total. The lowest BCUT2D eigenvalue weighted by Crippen LogP contribution is -2.55. The van der Waals surface area contributed by atoms with Crippen LogP contribution in [0.3, 0.4) is 0 Å². The van der Waals surface area contributed by atoms with Crippen LogP contribution in [0.5, 0.6) is 0 Å². The van der Waals surface area contributed by atoms with Gasteiger partial charge in [0.15, 0.2) is 0 Å². The zero-order valence-electron chi connectivity index (χ0n) is 14.4. The van der Waals surface area contributed by atoms with Gasteiger partial charge in [-0.1, -0.05) is 12.1 Å². The van der Waals surface area contributed by atoms with E-state index in [4.69, 9.17) is 5.26 Å². The van der Waals surface area contributed by atoms with Crippen molar-refractivity contribution in [3.8, 4) is 6.07 Å². The maximum Gasteiger partial charge on any atom is 0.259 e. The summed E-state index contributed by atoms with van der Waals surface area (Å²) < 4.78 is 0. The summed E-state index contributed by atoms with van der Waals surface area (Å²) in [5.41, 5.74) is 3.84. The number of nitrogens with zero attached hydrogens (tertiary/aromatic N) is 5. The number of aliphatic imine (C=N–C) groups is 1. The summed E-state index contributed by atoms with van der Waals surface area (Å²) in [6.07, 6.45) is 1.90. The maximum absolute atomic E-state index is 12.8. The number of fused-ring (bicyclic) bond motifs is 2. The Bertz CT molecular complexity index is 819. The number of amides is 1. The van der Waals surface area contributed by atoms with Gasteiger partial charge in [0.25, 0.3) is 5.91 Å². The number of rotatable bonds is 2. The summed E-state index contributed by atoms with van der Waals surface area (Å²) in [6, 6.07) is 9.88.